The molecule has 0 bridgehead atoms. The minimum absolute atomic E-state index is 0.124. The van der Waals surface area contributed by atoms with E-state index in [1.54, 1.807) is 24.3 Å². The van der Waals surface area contributed by atoms with E-state index in [2.05, 4.69) is 6.58 Å². The standard InChI is InChI=1S/C12H16N2O2S/c1-2-8-14(11-6-7-11)17(15,16)12-5-3-4-10(13)9-12/h2-5,9,11H,1,6-8,13H2. The number of rotatable bonds is 5. The lowest BCUT2D eigenvalue weighted by Gasteiger charge is -2.20. The summed E-state index contributed by atoms with van der Waals surface area (Å²) in [5.41, 5.74) is 6.08. The van der Waals surface area contributed by atoms with Gasteiger partial charge in [0.15, 0.2) is 0 Å². The minimum Gasteiger partial charge on any atom is -0.399 e. The van der Waals surface area contributed by atoms with Crippen LogP contribution in [0.2, 0.25) is 0 Å². The molecule has 1 aromatic rings. The first kappa shape index (κ1) is 12.1. The Hall–Kier alpha value is -1.33. The molecule has 1 saturated carbocycles. The molecular weight excluding hydrogens is 236 g/mol. The van der Waals surface area contributed by atoms with E-state index in [0.717, 1.165) is 12.8 Å². The molecule has 0 spiro atoms. The van der Waals surface area contributed by atoms with Gasteiger partial charge in [-0.1, -0.05) is 12.1 Å². The van der Waals surface area contributed by atoms with Crippen LogP contribution in [0.5, 0.6) is 0 Å². The van der Waals surface area contributed by atoms with Gasteiger partial charge in [0.2, 0.25) is 10.0 Å². The highest BCUT2D eigenvalue weighted by Crippen LogP contribution is 2.32. The summed E-state index contributed by atoms with van der Waals surface area (Å²) in [5.74, 6) is 0. The maximum atomic E-state index is 12.4. The monoisotopic (exact) mass is 252 g/mol. The molecular formula is C12H16N2O2S. The van der Waals surface area contributed by atoms with Crippen LogP contribution in [0.4, 0.5) is 5.69 Å². The molecule has 0 radical (unpaired) electrons. The van der Waals surface area contributed by atoms with Gasteiger partial charge < -0.3 is 5.73 Å². The van der Waals surface area contributed by atoms with E-state index < -0.39 is 10.0 Å². The lowest BCUT2D eigenvalue weighted by molar-refractivity contribution is 0.436. The van der Waals surface area contributed by atoms with E-state index >= 15 is 0 Å². The molecule has 2 rings (SSSR count). The summed E-state index contributed by atoms with van der Waals surface area (Å²) in [6.45, 7) is 3.95. The molecule has 0 aromatic heterocycles. The van der Waals surface area contributed by atoms with Crippen LogP contribution >= 0.6 is 0 Å². The van der Waals surface area contributed by atoms with Gasteiger partial charge in [0.05, 0.1) is 4.90 Å². The zero-order chi connectivity index (χ0) is 12.5. The third-order valence-electron chi connectivity index (χ3n) is 2.73. The predicted molar refractivity (Wildman–Crippen MR) is 68.0 cm³/mol. The largest absolute Gasteiger partial charge is 0.399 e. The molecule has 2 N–H and O–H groups in total. The van der Waals surface area contributed by atoms with E-state index in [-0.39, 0.29) is 10.9 Å². The second-order valence-electron chi connectivity index (χ2n) is 4.17. The highest BCUT2D eigenvalue weighted by Gasteiger charge is 2.37. The van der Waals surface area contributed by atoms with Gasteiger partial charge in [-0.25, -0.2) is 8.42 Å². The van der Waals surface area contributed by atoms with Gasteiger partial charge in [-0.15, -0.1) is 6.58 Å². The molecule has 1 aromatic carbocycles. The van der Waals surface area contributed by atoms with Crippen molar-refractivity contribution < 1.29 is 8.42 Å². The number of nitrogens with zero attached hydrogens (tertiary/aromatic N) is 1. The van der Waals surface area contributed by atoms with Crippen molar-refractivity contribution in [2.45, 2.75) is 23.8 Å². The summed E-state index contributed by atoms with van der Waals surface area (Å²) < 4.78 is 26.3. The molecule has 0 amide bonds. The maximum absolute atomic E-state index is 12.4. The quantitative estimate of drug-likeness (QED) is 0.639. The van der Waals surface area contributed by atoms with Gasteiger partial charge >= 0.3 is 0 Å². The Balaban J connectivity index is 2.36. The number of nitrogens with two attached hydrogens (primary N) is 1. The Morgan fingerprint density at radius 3 is 2.71 bits per heavy atom. The first-order chi connectivity index (χ1) is 8.05. The normalized spacial score (nSPS) is 16.1. The molecule has 0 atom stereocenters. The molecule has 0 aliphatic heterocycles. The van der Waals surface area contributed by atoms with Crippen molar-refractivity contribution in [1.29, 1.82) is 0 Å². The zero-order valence-electron chi connectivity index (χ0n) is 9.54. The highest BCUT2D eigenvalue weighted by atomic mass is 32.2. The molecule has 5 heteroatoms. The van der Waals surface area contributed by atoms with Gasteiger partial charge in [0.25, 0.3) is 0 Å². The third-order valence-corrected chi connectivity index (χ3v) is 4.64. The van der Waals surface area contributed by atoms with E-state index in [9.17, 15) is 8.42 Å². The van der Waals surface area contributed by atoms with Crippen LogP contribution in [0.1, 0.15) is 12.8 Å². The smallest absolute Gasteiger partial charge is 0.243 e. The lowest BCUT2D eigenvalue weighted by atomic mass is 10.3. The fourth-order valence-corrected chi connectivity index (χ4v) is 3.45. The molecule has 1 fully saturated rings. The summed E-state index contributed by atoms with van der Waals surface area (Å²) >= 11 is 0. The number of nitrogen functional groups attached to an aromatic ring is 1. The average Bonchev–Trinajstić information content (AvgIpc) is 3.09. The van der Waals surface area contributed by atoms with E-state index in [1.165, 1.54) is 10.4 Å². The highest BCUT2D eigenvalue weighted by molar-refractivity contribution is 7.89. The van der Waals surface area contributed by atoms with Gasteiger partial charge in [-0.05, 0) is 31.0 Å². The summed E-state index contributed by atoms with van der Waals surface area (Å²) in [5, 5.41) is 0. The summed E-state index contributed by atoms with van der Waals surface area (Å²) in [4.78, 5) is 0.256. The van der Waals surface area contributed by atoms with Crippen molar-refractivity contribution in [3.05, 3.63) is 36.9 Å². The summed E-state index contributed by atoms with van der Waals surface area (Å²) in [7, 11) is -3.44. The van der Waals surface area contributed by atoms with E-state index in [0.29, 0.717) is 12.2 Å². The molecule has 92 valence electrons. The van der Waals surface area contributed by atoms with E-state index in [4.69, 9.17) is 5.73 Å². The number of hydrogen-bond donors (Lipinski definition) is 1. The molecule has 0 heterocycles. The van der Waals surface area contributed by atoms with Crippen LogP contribution in [0.15, 0.2) is 41.8 Å². The number of benzene rings is 1. The zero-order valence-corrected chi connectivity index (χ0v) is 10.4. The SMILES string of the molecule is C=CCN(C1CC1)S(=O)(=O)c1cccc(N)c1. The Labute approximate surface area is 102 Å². The molecule has 4 nitrogen and oxygen atoms in total. The second-order valence-corrected chi connectivity index (χ2v) is 6.06. The van der Waals surface area contributed by atoms with Gasteiger partial charge in [-0.3, -0.25) is 0 Å². The molecule has 1 aliphatic rings. The van der Waals surface area contributed by atoms with E-state index in [1.807, 2.05) is 0 Å². The number of anilines is 1. The Morgan fingerprint density at radius 1 is 1.47 bits per heavy atom. The topological polar surface area (TPSA) is 63.4 Å². The van der Waals surface area contributed by atoms with Gasteiger partial charge in [0, 0.05) is 18.3 Å². The fraction of sp³-hybridized carbons (Fsp3) is 0.333. The summed E-state index contributed by atoms with van der Waals surface area (Å²) in [6, 6.07) is 6.52. The maximum Gasteiger partial charge on any atom is 0.243 e. The van der Waals surface area contributed by atoms with Crippen LogP contribution in [0.25, 0.3) is 0 Å². The molecule has 17 heavy (non-hydrogen) atoms. The molecule has 1 aliphatic carbocycles. The molecule has 0 saturated heterocycles. The van der Waals surface area contributed by atoms with Crippen LogP contribution < -0.4 is 5.73 Å². The Kier molecular flexibility index (Phi) is 3.22. The second kappa shape index (κ2) is 4.50. The van der Waals surface area contributed by atoms with Crippen molar-refractivity contribution in [2.75, 3.05) is 12.3 Å². The number of sulfonamides is 1. The fourth-order valence-electron chi connectivity index (χ4n) is 1.74. The lowest BCUT2D eigenvalue weighted by Crippen LogP contribution is -2.33. The Bertz CT molecular complexity index is 521. The van der Waals surface area contributed by atoms with Crippen molar-refractivity contribution >= 4 is 15.7 Å². The number of hydrogen-bond acceptors (Lipinski definition) is 3. The van der Waals surface area contributed by atoms with Crippen molar-refractivity contribution in [2.24, 2.45) is 0 Å². The van der Waals surface area contributed by atoms with Crippen molar-refractivity contribution in [1.82, 2.24) is 4.31 Å². The minimum atomic E-state index is -3.44. The average molecular weight is 252 g/mol. The van der Waals surface area contributed by atoms with Crippen LogP contribution in [0.3, 0.4) is 0 Å². The summed E-state index contributed by atoms with van der Waals surface area (Å²) in [6.07, 6.45) is 3.47. The van der Waals surface area contributed by atoms with Crippen molar-refractivity contribution in [3.63, 3.8) is 0 Å². The van der Waals surface area contributed by atoms with Gasteiger partial charge in [0.1, 0.15) is 0 Å². The van der Waals surface area contributed by atoms with Crippen LogP contribution in [0, 0.1) is 0 Å². The third kappa shape index (κ3) is 2.50. The Morgan fingerprint density at radius 2 is 2.18 bits per heavy atom. The van der Waals surface area contributed by atoms with Crippen LogP contribution in [-0.4, -0.2) is 25.3 Å². The van der Waals surface area contributed by atoms with Gasteiger partial charge in [-0.2, -0.15) is 4.31 Å². The predicted octanol–water partition coefficient (Wildman–Crippen LogP) is 1.61. The first-order valence-electron chi connectivity index (χ1n) is 5.54. The van der Waals surface area contributed by atoms with Crippen molar-refractivity contribution in [3.8, 4) is 0 Å². The molecule has 0 unspecified atom stereocenters. The van der Waals surface area contributed by atoms with Crippen LogP contribution in [-0.2, 0) is 10.0 Å². The first-order valence-corrected chi connectivity index (χ1v) is 6.98.